The van der Waals surface area contributed by atoms with Gasteiger partial charge in [0.15, 0.2) is 6.10 Å². The molecule has 0 heterocycles. The maximum absolute atomic E-state index is 12.1. The number of carbonyl (C=O) groups excluding carboxylic acids is 3. The minimum atomic E-state index is -1.21. The Balaban J connectivity index is 1.84. The average Bonchev–Trinajstić information content (AvgIpc) is 2.72. The topological polar surface area (TPSA) is 171 Å². The Labute approximate surface area is 169 Å². The lowest BCUT2D eigenvalue weighted by Crippen LogP contribution is -2.35. The van der Waals surface area contributed by atoms with Gasteiger partial charge in [-0.05, 0) is 25.1 Å². The van der Waals surface area contributed by atoms with E-state index in [1.54, 1.807) is 0 Å². The normalized spacial score (nSPS) is 11.1. The maximum atomic E-state index is 12.1. The number of nitrogens with zero attached hydrogens (tertiary/aromatic N) is 2. The third kappa shape index (κ3) is 6.09. The molecule has 0 bridgehead atoms. The summed E-state index contributed by atoms with van der Waals surface area (Å²) >= 11 is 0. The van der Waals surface area contributed by atoms with Crippen LogP contribution in [0.4, 0.5) is 17.1 Å². The van der Waals surface area contributed by atoms with Gasteiger partial charge >= 0.3 is 5.97 Å². The third-order valence-electron chi connectivity index (χ3n) is 3.74. The smallest absolute Gasteiger partial charge is 0.326 e. The van der Waals surface area contributed by atoms with E-state index in [1.165, 1.54) is 49.4 Å². The van der Waals surface area contributed by atoms with Crippen LogP contribution in [-0.4, -0.2) is 40.3 Å². The van der Waals surface area contributed by atoms with Crippen molar-refractivity contribution in [2.75, 3.05) is 11.9 Å². The van der Waals surface area contributed by atoms with Crippen LogP contribution < -0.4 is 10.6 Å². The lowest BCUT2D eigenvalue weighted by molar-refractivity contribution is -0.385. The van der Waals surface area contributed by atoms with E-state index in [9.17, 15) is 34.6 Å². The molecule has 1 atom stereocenters. The van der Waals surface area contributed by atoms with Gasteiger partial charge in [-0.25, -0.2) is 0 Å². The molecule has 0 fully saturated rings. The fourth-order valence-electron chi connectivity index (χ4n) is 2.22. The van der Waals surface area contributed by atoms with Gasteiger partial charge in [0.25, 0.3) is 23.2 Å². The van der Waals surface area contributed by atoms with E-state index in [-0.39, 0.29) is 22.6 Å². The first kappa shape index (κ1) is 21.9. The number of benzene rings is 2. The second-order valence-corrected chi connectivity index (χ2v) is 5.92. The maximum Gasteiger partial charge on any atom is 0.326 e. The fourth-order valence-corrected chi connectivity index (χ4v) is 2.22. The zero-order chi connectivity index (χ0) is 22.3. The minimum Gasteiger partial charge on any atom is -0.451 e. The van der Waals surface area contributed by atoms with Crippen LogP contribution in [0, 0.1) is 20.2 Å². The summed E-state index contributed by atoms with van der Waals surface area (Å²) in [4.78, 5) is 56.0. The third-order valence-corrected chi connectivity index (χ3v) is 3.74. The molecule has 0 aliphatic carbocycles. The largest absolute Gasteiger partial charge is 0.451 e. The Kier molecular flexibility index (Phi) is 7.11. The molecule has 12 heteroatoms. The number of nitro benzene ring substituents is 2. The van der Waals surface area contributed by atoms with Gasteiger partial charge in [0.1, 0.15) is 6.54 Å². The van der Waals surface area contributed by atoms with Crippen molar-refractivity contribution in [2.45, 2.75) is 13.0 Å². The molecule has 2 aromatic carbocycles. The van der Waals surface area contributed by atoms with Gasteiger partial charge in [0.2, 0.25) is 0 Å². The van der Waals surface area contributed by atoms with E-state index in [1.807, 2.05) is 0 Å². The number of nitro groups is 2. The van der Waals surface area contributed by atoms with E-state index in [2.05, 4.69) is 10.6 Å². The molecule has 0 aliphatic heterocycles. The molecule has 30 heavy (non-hydrogen) atoms. The van der Waals surface area contributed by atoms with E-state index in [0.717, 1.165) is 6.07 Å². The van der Waals surface area contributed by atoms with Crippen molar-refractivity contribution in [1.29, 1.82) is 0 Å². The molecule has 2 aromatic rings. The van der Waals surface area contributed by atoms with Crippen molar-refractivity contribution < 1.29 is 29.0 Å². The highest BCUT2D eigenvalue weighted by atomic mass is 16.6. The van der Waals surface area contributed by atoms with Crippen molar-refractivity contribution >= 4 is 34.8 Å². The molecule has 0 spiro atoms. The number of hydrogen-bond acceptors (Lipinski definition) is 8. The number of nitrogens with one attached hydrogen (secondary N) is 2. The predicted molar refractivity (Wildman–Crippen MR) is 103 cm³/mol. The van der Waals surface area contributed by atoms with Crippen LogP contribution in [-0.2, 0) is 14.3 Å². The van der Waals surface area contributed by atoms with Gasteiger partial charge in [0.05, 0.1) is 9.85 Å². The quantitative estimate of drug-likeness (QED) is 0.372. The van der Waals surface area contributed by atoms with Crippen LogP contribution in [0.25, 0.3) is 0 Å². The molecule has 2 N–H and O–H groups in total. The number of amides is 2. The van der Waals surface area contributed by atoms with Crippen LogP contribution >= 0.6 is 0 Å². The van der Waals surface area contributed by atoms with Crippen LogP contribution in [0.3, 0.4) is 0 Å². The number of rotatable bonds is 8. The number of carbonyl (C=O) groups is 3. The molecule has 0 radical (unpaired) electrons. The molecule has 0 saturated heterocycles. The van der Waals surface area contributed by atoms with Crippen molar-refractivity contribution in [1.82, 2.24) is 5.32 Å². The molecular weight excluding hydrogens is 400 g/mol. The average molecular weight is 416 g/mol. The molecule has 2 rings (SSSR count). The summed E-state index contributed by atoms with van der Waals surface area (Å²) in [6.45, 7) is 0.748. The van der Waals surface area contributed by atoms with E-state index in [0.29, 0.717) is 0 Å². The van der Waals surface area contributed by atoms with Gasteiger partial charge in [0, 0.05) is 35.5 Å². The van der Waals surface area contributed by atoms with Crippen LogP contribution in [0.5, 0.6) is 0 Å². The summed E-state index contributed by atoms with van der Waals surface area (Å²) in [6, 6.07) is 10.0. The number of esters is 1. The van der Waals surface area contributed by atoms with Gasteiger partial charge < -0.3 is 15.4 Å². The standard InChI is InChI=1S/C18H16N4O8/c1-11(17(24)20-13-5-7-14(8-6-13)21(26)27)30-16(23)10-19-18(25)12-3-2-4-15(9-12)22(28)29/h2-9,11H,10H2,1H3,(H,19,25)(H,20,24). The number of ether oxygens (including phenoxy) is 1. The van der Waals surface area contributed by atoms with Gasteiger partial charge in [-0.2, -0.15) is 0 Å². The molecule has 0 aromatic heterocycles. The van der Waals surface area contributed by atoms with Gasteiger partial charge in [-0.1, -0.05) is 6.07 Å². The first-order valence-corrected chi connectivity index (χ1v) is 8.45. The Morgan fingerprint density at radius 1 is 1.00 bits per heavy atom. The predicted octanol–water partition coefficient (Wildman–Crippen LogP) is 1.80. The van der Waals surface area contributed by atoms with E-state index < -0.39 is 40.3 Å². The molecule has 0 aliphatic rings. The first-order valence-electron chi connectivity index (χ1n) is 8.45. The molecule has 156 valence electrons. The van der Waals surface area contributed by atoms with Crippen molar-refractivity contribution in [2.24, 2.45) is 0 Å². The highest BCUT2D eigenvalue weighted by Crippen LogP contribution is 2.16. The summed E-state index contributed by atoms with van der Waals surface area (Å²) in [7, 11) is 0. The Bertz CT molecular complexity index is 990. The number of hydrogen-bond donors (Lipinski definition) is 2. The first-order chi connectivity index (χ1) is 14.2. The highest BCUT2D eigenvalue weighted by molar-refractivity contribution is 5.97. The van der Waals surface area contributed by atoms with Crippen LogP contribution in [0.15, 0.2) is 48.5 Å². The highest BCUT2D eigenvalue weighted by Gasteiger charge is 2.19. The SMILES string of the molecule is CC(OC(=O)CNC(=O)c1cccc([N+](=O)[O-])c1)C(=O)Nc1ccc([N+](=O)[O-])cc1. The van der Waals surface area contributed by atoms with Crippen LogP contribution in [0.2, 0.25) is 0 Å². The lowest BCUT2D eigenvalue weighted by Gasteiger charge is -2.14. The van der Waals surface area contributed by atoms with E-state index >= 15 is 0 Å². The second-order valence-electron chi connectivity index (χ2n) is 5.92. The van der Waals surface area contributed by atoms with Gasteiger partial charge in [-0.3, -0.25) is 34.6 Å². The zero-order valence-electron chi connectivity index (χ0n) is 15.6. The van der Waals surface area contributed by atoms with Crippen molar-refractivity contribution in [3.63, 3.8) is 0 Å². The second kappa shape index (κ2) is 9.73. The number of non-ortho nitro benzene ring substituents is 2. The summed E-state index contributed by atoms with van der Waals surface area (Å²) in [5.41, 5.74) is -0.165. The van der Waals surface area contributed by atoms with Gasteiger partial charge in [-0.15, -0.1) is 0 Å². The zero-order valence-corrected chi connectivity index (χ0v) is 15.6. The molecule has 0 saturated carbocycles. The fraction of sp³-hybridized carbons (Fsp3) is 0.167. The monoisotopic (exact) mass is 416 g/mol. The molecular formula is C18H16N4O8. The Hall–Kier alpha value is -4.35. The lowest BCUT2D eigenvalue weighted by atomic mass is 10.2. The van der Waals surface area contributed by atoms with Crippen LogP contribution in [0.1, 0.15) is 17.3 Å². The van der Waals surface area contributed by atoms with Crippen molar-refractivity contribution in [3.8, 4) is 0 Å². The molecule has 1 unspecified atom stereocenters. The summed E-state index contributed by atoms with van der Waals surface area (Å²) in [6.07, 6.45) is -1.21. The Morgan fingerprint density at radius 2 is 1.63 bits per heavy atom. The molecule has 2 amide bonds. The summed E-state index contributed by atoms with van der Waals surface area (Å²) in [5, 5.41) is 26.0. The van der Waals surface area contributed by atoms with Crippen molar-refractivity contribution in [3.05, 3.63) is 74.3 Å². The number of anilines is 1. The summed E-state index contributed by atoms with van der Waals surface area (Å²) < 4.78 is 4.91. The Morgan fingerprint density at radius 3 is 2.23 bits per heavy atom. The molecule has 12 nitrogen and oxygen atoms in total. The van der Waals surface area contributed by atoms with E-state index in [4.69, 9.17) is 4.74 Å². The minimum absolute atomic E-state index is 0.0130. The summed E-state index contributed by atoms with van der Waals surface area (Å²) in [5.74, 6) is -2.30.